The van der Waals surface area contributed by atoms with Gasteiger partial charge in [-0.25, -0.2) is 0 Å². The third-order valence-corrected chi connectivity index (χ3v) is 6.81. The van der Waals surface area contributed by atoms with Gasteiger partial charge in [-0.1, -0.05) is 6.07 Å². The lowest BCUT2D eigenvalue weighted by Crippen LogP contribution is -2.49. The van der Waals surface area contributed by atoms with Crippen molar-refractivity contribution in [3.05, 3.63) is 28.5 Å². The van der Waals surface area contributed by atoms with E-state index < -0.39 is 0 Å². The summed E-state index contributed by atoms with van der Waals surface area (Å²) in [5.41, 5.74) is 5.31. The zero-order chi connectivity index (χ0) is 16.6. The first-order chi connectivity index (χ1) is 11.6. The third kappa shape index (κ3) is 3.41. The number of hydrogen-bond acceptors (Lipinski definition) is 3. The molecule has 4 aliphatic rings. The molecule has 0 unspecified atom stereocenters. The summed E-state index contributed by atoms with van der Waals surface area (Å²) in [5.74, 6) is 2.18. The lowest BCUT2D eigenvalue weighted by Gasteiger charge is -2.56. The van der Waals surface area contributed by atoms with Crippen molar-refractivity contribution in [1.82, 2.24) is 10.9 Å². The van der Waals surface area contributed by atoms with Gasteiger partial charge in [-0.3, -0.25) is 20.4 Å². The van der Waals surface area contributed by atoms with Crippen LogP contribution in [0.5, 0.6) is 0 Å². The quantitative estimate of drug-likeness (QED) is 0.648. The van der Waals surface area contributed by atoms with Gasteiger partial charge in [0.05, 0.1) is 0 Å². The van der Waals surface area contributed by atoms with Crippen LogP contribution in [0.4, 0.5) is 0 Å². The Morgan fingerprint density at radius 3 is 2.38 bits per heavy atom. The minimum Gasteiger partial charge on any atom is -0.273 e. The monoisotopic (exact) mass is 344 g/mol. The Balaban J connectivity index is 1.27. The van der Waals surface area contributed by atoms with Crippen LogP contribution in [0.15, 0.2) is 23.6 Å². The van der Waals surface area contributed by atoms with Crippen molar-refractivity contribution in [2.24, 2.45) is 23.2 Å². The van der Waals surface area contributed by atoms with E-state index in [0.29, 0.717) is 6.42 Å². The van der Waals surface area contributed by atoms with Gasteiger partial charge in [0.1, 0.15) is 0 Å². The molecule has 4 saturated carbocycles. The van der Waals surface area contributed by atoms with Gasteiger partial charge in [-0.05, 0) is 79.2 Å². The van der Waals surface area contributed by atoms with Crippen molar-refractivity contribution in [2.45, 2.75) is 44.9 Å². The van der Waals surface area contributed by atoms with Crippen LogP contribution in [0.2, 0.25) is 0 Å². The van der Waals surface area contributed by atoms with E-state index in [1.165, 1.54) is 44.6 Å². The van der Waals surface area contributed by atoms with Gasteiger partial charge >= 0.3 is 0 Å². The van der Waals surface area contributed by atoms with E-state index in [-0.39, 0.29) is 17.2 Å². The molecule has 128 valence electrons. The van der Waals surface area contributed by atoms with Gasteiger partial charge in [0.15, 0.2) is 0 Å². The molecule has 5 rings (SSSR count). The molecule has 1 aromatic rings. The predicted molar refractivity (Wildman–Crippen MR) is 94.9 cm³/mol. The first-order valence-corrected chi connectivity index (χ1v) is 9.79. The van der Waals surface area contributed by atoms with Crippen LogP contribution in [-0.2, 0) is 9.59 Å². The van der Waals surface area contributed by atoms with Crippen molar-refractivity contribution in [2.75, 3.05) is 0 Å². The molecule has 1 heterocycles. The second-order valence-corrected chi connectivity index (χ2v) is 8.96. The molecule has 4 aliphatic carbocycles. The topological polar surface area (TPSA) is 58.2 Å². The van der Waals surface area contributed by atoms with E-state index in [9.17, 15) is 9.59 Å². The second kappa shape index (κ2) is 6.36. The summed E-state index contributed by atoms with van der Waals surface area (Å²) in [6, 6.07) is 3.88. The molecule has 0 aromatic carbocycles. The van der Waals surface area contributed by atoms with Crippen LogP contribution < -0.4 is 10.9 Å². The van der Waals surface area contributed by atoms with E-state index in [1.54, 1.807) is 17.4 Å². The van der Waals surface area contributed by atoms with E-state index in [4.69, 9.17) is 0 Å². The molecule has 0 saturated heterocycles. The smallest absolute Gasteiger partial charge is 0.262 e. The number of hydrogen-bond donors (Lipinski definition) is 2. The average molecular weight is 344 g/mol. The van der Waals surface area contributed by atoms with Gasteiger partial charge in [-0.15, -0.1) is 11.3 Å². The Hall–Kier alpha value is -1.62. The lowest BCUT2D eigenvalue weighted by atomic mass is 9.49. The highest BCUT2D eigenvalue weighted by molar-refractivity contribution is 7.10. The van der Waals surface area contributed by atoms with Crippen molar-refractivity contribution >= 4 is 29.2 Å². The summed E-state index contributed by atoms with van der Waals surface area (Å²) in [6.45, 7) is 0. The summed E-state index contributed by atoms with van der Waals surface area (Å²) >= 11 is 1.57. The first kappa shape index (κ1) is 15.9. The standard InChI is InChI=1S/C19H24N2O2S/c22-17(4-3-16-2-1-5-24-16)20-21-18(23)12-19-9-13-6-14(10-19)8-15(7-13)11-19/h1-5,13-15H,6-12H2,(H,20,22)(H,21,23)/b4-3+. The van der Waals surface area contributed by atoms with Crippen LogP contribution in [0.3, 0.4) is 0 Å². The predicted octanol–water partition coefficient (Wildman–Crippen LogP) is 3.52. The number of thiophene rings is 1. The van der Waals surface area contributed by atoms with Gasteiger partial charge in [-0.2, -0.15) is 0 Å². The molecular weight excluding hydrogens is 320 g/mol. The summed E-state index contributed by atoms with van der Waals surface area (Å²) in [6.07, 6.45) is 11.5. The van der Waals surface area contributed by atoms with Crippen LogP contribution in [0.25, 0.3) is 6.08 Å². The fourth-order valence-corrected chi connectivity index (χ4v) is 6.23. The number of hydrazine groups is 1. The fraction of sp³-hybridized carbons (Fsp3) is 0.579. The molecule has 1 aromatic heterocycles. The van der Waals surface area contributed by atoms with Crippen molar-refractivity contribution in [3.63, 3.8) is 0 Å². The molecule has 4 bridgehead atoms. The minimum absolute atomic E-state index is 0.0465. The Morgan fingerprint density at radius 2 is 1.79 bits per heavy atom. The van der Waals surface area contributed by atoms with Crippen molar-refractivity contribution in [3.8, 4) is 0 Å². The van der Waals surface area contributed by atoms with Gasteiger partial charge < -0.3 is 0 Å². The van der Waals surface area contributed by atoms with Gasteiger partial charge in [0, 0.05) is 17.4 Å². The summed E-state index contributed by atoms with van der Waals surface area (Å²) in [4.78, 5) is 25.1. The summed E-state index contributed by atoms with van der Waals surface area (Å²) in [7, 11) is 0. The maximum absolute atomic E-state index is 12.3. The maximum Gasteiger partial charge on any atom is 0.262 e. The first-order valence-electron chi connectivity index (χ1n) is 8.91. The van der Waals surface area contributed by atoms with Crippen LogP contribution in [-0.4, -0.2) is 11.8 Å². The van der Waals surface area contributed by atoms with Crippen molar-refractivity contribution < 1.29 is 9.59 Å². The Bertz CT molecular complexity index is 615. The molecule has 5 heteroatoms. The van der Waals surface area contributed by atoms with E-state index >= 15 is 0 Å². The van der Waals surface area contributed by atoms with Gasteiger partial charge in [0.25, 0.3) is 5.91 Å². The van der Waals surface area contributed by atoms with Crippen LogP contribution in [0.1, 0.15) is 49.8 Å². The number of amides is 2. The largest absolute Gasteiger partial charge is 0.273 e. The zero-order valence-electron chi connectivity index (χ0n) is 13.8. The van der Waals surface area contributed by atoms with E-state index in [2.05, 4.69) is 10.9 Å². The molecular formula is C19H24N2O2S. The SMILES string of the molecule is O=C(/C=C/c1cccs1)NNC(=O)CC12CC3CC(CC(C3)C1)C2. The number of carbonyl (C=O) groups is 2. The molecule has 0 aliphatic heterocycles. The lowest BCUT2D eigenvalue weighted by molar-refractivity contribution is -0.133. The highest BCUT2D eigenvalue weighted by atomic mass is 32.1. The minimum atomic E-state index is -0.290. The number of nitrogens with one attached hydrogen (secondary N) is 2. The normalized spacial score (nSPS) is 33.8. The molecule has 24 heavy (non-hydrogen) atoms. The Morgan fingerprint density at radius 1 is 1.12 bits per heavy atom. The zero-order valence-corrected chi connectivity index (χ0v) is 14.6. The van der Waals surface area contributed by atoms with Crippen LogP contribution in [0, 0.1) is 23.2 Å². The second-order valence-electron chi connectivity index (χ2n) is 7.98. The maximum atomic E-state index is 12.3. The summed E-state index contributed by atoms with van der Waals surface area (Å²) < 4.78 is 0. The third-order valence-electron chi connectivity index (χ3n) is 5.97. The fourth-order valence-electron chi connectivity index (χ4n) is 5.61. The van der Waals surface area contributed by atoms with Crippen molar-refractivity contribution in [1.29, 1.82) is 0 Å². The van der Waals surface area contributed by atoms with Crippen LogP contribution >= 0.6 is 11.3 Å². The number of carbonyl (C=O) groups excluding carboxylic acids is 2. The average Bonchev–Trinajstić information content (AvgIpc) is 3.02. The van der Waals surface area contributed by atoms with E-state index in [1.807, 2.05) is 17.5 Å². The molecule has 4 fully saturated rings. The number of rotatable bonds is 4. The highest BCUT2D eigenvalue weighted by Gasteiger charge is 2.51. The highest BCUT2D eigenvalue weighted by Crippen LogP contribution is 2.61. The Labute approximate surface area is 146 Å². The Kier molecular flexibility index (Phi) is 4.21. The molecule has 2 N–H and O–H groups in total. The molecule has 4 nitrogen and oxygen atoms in total. The molecule has 0 atom stereocenters. The molecule has 2 amide bonds. The summed E-state index contributed by atoms with van der Waals surface area (Å²) in [5, 5.41) is 1.96. The molecule has 0 radical (unpaired) electrons. The van der Waals surface area contributed by atoms with Gasteiger partial charge in [0.2, 0.25) is 5.91 Å². The van der Waals surface area contributed by atoms with E-state index in [0.717, 1.165) is 22.6 Å². The molecule has 0 spiro atoms.